The standard InChI is InChI=1S/C28H37NO4/c1-3-15-31-21-18-23-24(20-30)22-10-8-11-25(27(22)28(23)26(19-21)32-16-4-2)33-17-9-14-29-12-6-5-7-13-29/h8,10-11,18-20,24H,3-7,9,12-17H2,1-2H3. The van der Waals surface area contributed by atoms with E-state index in [0.29, 0.717) is 19.8 Å². The normalized spacial score (nSPS) is 17.3. The Morgan fingerprint density at radius 3 is 2.36 bits per heavy atom. The van der Waals surface area contributed by atoms with E-state index in [-0.39, 0.29) is 5.92 Å². The van der Waals surface area contributed by atoms with Gasteiger partial charge in [0.15, 0.2) is 0 Å². The lowest BCUT2D eigenvalue weighted by Crippen LogP contribution is -2.31. The Morgan fingerprint density at radius 2 is 1.61 bits per heavy atom. The average Bonchev–Trinajstić information content (AvgIpc) is 3.18. The summed E-state index contributed by atoms with van der Waals surface area (Å²) < 4.78 is 18.4. The van der Waals surface area contributed by atoms with Crippen molar-refractivity contribution in [1.82, 2.24) is 4.90 Å². The third kappa shape index (κ3) is 5.35. The van der Waals surface area contributed by atoms with Crippen LogP contribution < -0.4 is 14.2 Å². The summed E-state index contributed by atoms with van der Waals surface area (Å²) in [5, 5.41) is 0. The van der Waals surface area contributed by atoms with Crippen molar-refractivity contribution < 1.29 is 19.0 Å². The van der Waals surface area contributed by atoms with Crippen LogP contribution >= 0.6 is 0 Å². The molecular weight excluding hydrogens is 414 g/mol. The molecule has 0 saturated carbocycles. The van der Waals surface area contributed by atoms with Crippen molar-refractivity contribution in [3.63, 3.8) is 0 Å². The second kappa shape index (κ2) is 11.6. The van der Waals surface area contributed by atoms with E-state index in [2.05, 4.69) is 18.7 Å². The molecule has 0 radical (unpaired) electrons. The summed E-state index contributed by atoms with van der Waals surface area (Å²) in [6.45, 7) is 9.57. The molecule has 1 fully saturated rings. The number of piperidine rings is 1. The van der Waals surface area contributed by atoms with Gasteiger partial charge in [-0.15, -0.1) is 0 Å². The molecule has 5 nitrogen and oxygen atoms in total. The predicted molar refractivity (Wildman–Crippen MR) is 132 cm³/mol. The van der Waals surface area contributed by atoms with Gasteiger partial charge >= 0.3 is 0 Å². The molecule has 0 amide bonds. The highest BCUT2D eigenvalue weighted by atomic mass is 16.5. The number of fused-ring (bicyclic) bond motifs is 3. The van der Waals surface area contributed by atoms with Crippen LogP contribution in [0.15, 0.2) is 30.3 Å². The van der Waals surface area contributed by atoms with Gasteiger partial charge in [0.2, 0.25) is 0 Å². The molecule has 1 unspecified atom stereocenters. The molecule has 178 valence electrons. The van der Waals surface area contributed by atoms with Gasteiger partial charge in [-0.25, -0.2) is 0 Å². The van der Waals surface area contributed by atoms with Crippen LogP contribution in [0.2, 0.25) is 0 Å². The van der Waals surface area contributed by atoms with Crippen LogP contribution in [0.1, 0.15) is 69.4 Å². The van der Waals surface area contributed by atoms with Gasteiger partial charge in [-0.2, -0.15) is 0 Å². The molecule has 2 aliphatic rings. The Labute approximate surface area is 198 Å². The zero-order chi connectivity index (χ0) is 23.0. The first-order valence-electron chi connectivity index (χ1n) is 12.6. The van der Waals surface area contributed by atoms with E-state index in [1.807, 2.05) is 30.3 Å². The average molecular weight is 452 g/mol. The van der Waals surface area contributed by atoms with E-state index < -0.39 is 0 Å². The van der Waals surface area contributed by atoms with Crippen molar-refractivity contribution in [2.75, 3.05) is 39.5 Å². The summed E-state index contributed by atoms with van der Waals surface area (Å²) in [5.74, 6) is 2.03. The number of nitrogens with zero attached hydrogens (tertiary/aromatic N) is 1. The lowest BCUT2D eigenvalue weighted by molar-refractivity contribution is -0.108. The van der Waals surface area contributed by atoms with Crippen LogP contribution in [0.3, 0.4) is 0 Å². The van der Waals surface area contributed by atoms with Gasteiger partial charge < -0.3 is 23.9 Å². The minimum absolute atomic E-state index is 0.332. The second-order valence-electron chi connectivity index (χ2n) is 9.02. The third-order valence-electron chi connectivity index (χ3n) is 6.48. The predicted octanol–water partition coefficient (Wildman–Crippen LogP) is 5.83. The molecule has 0 aromatic heterocycles. The Kier molecular flexibility index (Phi) is 8.27. The summed E-state index contributed by atoms with van der Waals surface area (Å²) in [6, 6.07) is 10.0. The fourth-order valence-corrected chi connectivity index (χ4v) is 4.92. The van der Waals surface area contributed by atoms with E-state index in [1.165, 1.54) is 32.4 Å². The van der Waals surface area contributed by atoms with Gasteiger partial charge in [0.25, 0.3) is 0 Å². The minimum Gasteiger partial charge on any atom is -0.493 e. The molecule has 0 bridgehead atoms. The van der Waals surface area contributed by atoms with Gasteiger partial charge in [-0.1, -0.05) is 32.4 Å². The number of carbonyl (C=O) groups excluding carboxylic acids is 1. The van der Waals surface area contributed by atoms with E-state index in [1.54, 1.807) is 0 Å². The van der Waals surface area contributed by atoms with Crippen molar-refractivity contribution in [2.45, 2.75) is 58.3 Å². The molecule has 5 heteroatoms. The van der Waals surface area contributed by atoms with Crippen molar-refractivity contribution in [1.29, 1.82) is 0 Å². The van der Waals surface area contributed by atoms with Crippen LogP contribution in [0.5, 0.6) is 17.2 Å². The molecule has 1 aliphatic heterocycles. The molecule has 2 aromatic rings. The Hall–Kier alpha value is -2.53. The molecule has 1 atom stereocenters. The molecular formula is C28H37NO4. The first-order chi connectivity index (χ1) is 16.3. The Morgan fingerprint density at radius 1 is 0.879 bits per heavy atom. The second-order valence-corrected chi connectivity index (χ2v) is 9.02. The lowest BCUT2D eigenvalue weighted by atomic mass is 9.98. The number of aldehydes is 1. The van der Waals surface area contributed by atoms with Crippen LogP contribution in [0.4, 0.5) is 0 Å². The molecule has 0 N–H and O–H groups in total. The molecule has 2 aromatic carbocycles. The van der Waals surface area contributed by atoms with Gasteiger partial charge in [0.1, 0.15) is 23.5 Å². The smallest absolute Gasteiger partial charge is 0.131 e. The Bertz CT molecular complexity index is 936. The maximum absolute atomic E-state index is 12.2. The number of likely N-dealkylation sites (tertiary alicyclic amines) is 1. The number of hydrogen-bond acceptors (Lipinski definition) is 5. The fraction of sp³-hybridized carbons (Fsp3) is 0.536. The molecule has 33 heavy (non-hydrogen) atoms. The fourth-order valence-electron chi connectivity index (χ4n) is 4.92. The van der Waals surface area contributed by atoms with Crippen LogP contribution in [0, 0.1) is 0 Å². The lowest BCUT2D eigenvalue weighted by Gasteiger charge is -2.26. The highest BCUT2D eigenvalue weighted by Crippen LogP contribution is 2.53. The van der Waals surface area contributed by atoms with Gasteiger partial charge in [-0.3, -0.25) is 0 Å². The molecule has 1 aliphatic carbocycles. The van der Waals surface area contributed by atoms with Crippen LogP contribution in [-0.2, 0) is 4.79 Å². The monoisotopic (exact) mass is 451 g/mol. The zero-order valence-corrected chi connectivity index (χ0v) is 20.1. The molecule has 1 heterocycles. The minimum atomic E-state index is -0.332. The van der Waals surface area contributed by atoms with E-state index in [0.717, 1.165) is 71.6 Å². The summed E-state index contributed by atoms with van der Waals surface area (Å²) >= 11 is 0. The number of rotatable bonds is 12. The summed E-state index contributed by atoms with van der Waals surface area (Å²) in [4.78, 5) is 14.7. The Balaban J connectivity index is 1.60. The van der Waals surface area contributed by atoms with Crippen LogP contribution in [0.25, 0.3) is 11.1 Å². The zero-order valence-electron chi connectivity index (χ0n) is 20.1. The van der Waals surface area contributed by atoms with Gasteiger partial charge in [0.05, 0.1) is 25.7 Å². The summed E-state index contributed by atoms with van der Waals surface area (Å²) in [5.41, 5.74) is 3.91. The number of benzene rings is 2. The first kappa shape index (κ1) is 23.6. The molecule has 0 spiro atoms. The van der Waals surface area contributed by atoms with Crippen molar-refractivity contribution in [3.8, 4) is 28.4 Å². The van der Waals surface area contributed by atoms with Crippen molar-refractivity contribution >= 4 is 6.29 Å². The molecule has 1 saturated heterocycles. The number of carbonyl (C=O) groups is 1. The van der Waals surface area contributed by atoms with Gasteiger partial charge in [-0.05, 0) is 68.5 Å². The van der Waals surface area contributed by atoms with Gasteiger partial charge in [0, 0.05) is 23.7 Å². The SMILES string of the molecule is CCCOc1cc(OCCC)c2c(c1)C(C=O)c1cccc(OCCCN3CCCCC3)c1-2. The summed E-state index contributed by atoms with van der Waals surface area (Å²) in [6.07, 6.45) is 7.83. The van der Waals surface area contributed by atoms with Crippen molar-refractivity contribution in [3.05, 3.63) is 41.5 Å². The van der Waals surface area contributed by atoms with E-state index in [9.17, 15) is 4.79 Å². The first-order valence-corrected chi connectivity index (χ1v) is 12.6. The van der Waals surface area contributed by atoms with Crippen molar-refractivity contribution in [2.24, 2.45) is 0 Å². The highest BCUT2D eigenvalue weighted by molar-refractivity contribution is 5.94. The number of hydrogen-bond donors (Lipinski definition) is 0. The maximum atomic E-state index is 12.2. The highest BCUT2D eigenvalue weighted by Gasteiger charge is 2.34. The maximum Gasteiger partial charge on any atom is 0.131 e. The van der Waals surface area contributed by atoms with E-state index in [4.69, 9.17) is 14.2 Å². The number of ether oxygens (including phenoxy) is 3. The quantitative estimate of drug-likeness (QED) is 0.300. The summed E-state index contributed by atoms with van der Waals surface area (Å²) in [7, 11) is 0. The van der Waals surface area contributed by atoms with E-state index >= 15 is 0 Å². The van der Waals surface area contributed by atoms with Crippen LogP contribution in [-0.4, -0.2) is 50.6 Å². The molecule has 4 rings (SSSR count). The largest absolute Gasteiger partial charge is 0.493 e. The topological polar surface area (TPSA) is 48.0 Å². The third-order valence-corrected chi connectivity index (χ3v) is 6.48.